The molecule has 0 amide bonds. The van der Waals surface area contributed by atoms with Crippen LogP contribution in [0.3, 0.4) is 0 Å². The third-order valence-corrected chi connectivity index (χ3v) is 2.56. The minimum Gasteiger partial charge on any atom is -0.382 e. The highest BCUT2D eigenvalue weighted by atomic mass is 32.1. The van der Waals surface area contributed by atoms with Gasteiger partial charge in [0.15, 0.2) is 5.84 Å². The van der Waals surface area contributed by atoms with Gasteiger partial charge in [-0.1, -0.05) is 17.7 Å². The molecule has 76 valence electrons. The standard InChI is InChI=1S/C11H11N3S/c1-8-2-4-9(5-3-8)14-11(12)10-6-15-7-13-10/h2-7H,1H3,(H2,12,14). The molecule has 4 heteroatoms. The molecular weight excluding hydrogens is 206 g/mol. The second kappa shape index (κ2) is 4.23. The van der Waals surface area contributed by atoms with Crippen LogP contribution in [0.1, 0.15) is 11.3 Å². The van der Waals surface area contributed by atoms with E-state index in [1.807, 2.05) is 36.6 Å². The molecule has 3 nitrogen and oxygen atoms in total. The van der Waals surface area contributed by atoms with Gasteiger partial charge in [-0.25, -0.2) is 9.98 Å². The first-order chi connectivity index (χ1) is 7.25. The van der Waals surface area contributed by atoms with Crippen LogP contribution in [0.5, 0.6) is 0 Å². The first-order valence-corrected chi connectivity index (χ1v) is 5.49. The van der Waals surface area contributed by atoms with Crippen LogP contribution in [-0.2, 0) is 0 Å². The van der Waals surface area contributed by atoms with Crippen LogP contribution in [-0.4, -0.2) is 10.8 Å². The number of amidine groups is 1. The maximum atomic E-state index is 5.80. The maximum absolute atomic E-state index is 5.80. The van der Waals surface area contributed by atoms with E-state index < -0.39 is 0 Å². The second-order valence-corrected chi connectivity index (χ2v) is 3.92. The summed E-state index contributed by atoms with van der Waals surface area (Å²) in [5.74, 6) is 0.458. The summed E-state index contributed by atoms with van der Waals surface area (Å²) >= 11 is 1.51. The Labute approximate surface area is 92.3 Å². The third kappa shape index (κ3) is 2.41. The fourth-order valence-electron chi connectivity index (χ4n) is 1.15. The summed E-state index contributed by atoms with van der Waals surface area (Å²) in [4.78, 5) is 8.37. The molecule has 0 atom stereocenters. The van der Waals surface area contributed by atoms with Gasteiger partial charge < -0.3 is 5.73 Å². The summed E-state index contributed by atoms with van der Waals surface area (Å²) in [7, 11) is 0. The van der Waals surface area contributed by atoms with E-state index in [-0.39, 0.29) is 0 Å². The fourth-order valence-corrected chi connectivity index (χ4v) is 1.70. The number of hydrogen-bond acceptors (Lipinski definition) is 3. The molecule has 0 saturated heterocycles. The second-order valence-electron chi connectivity index (χ2n) is 3.21. The molecule has 0 aliphatic heterocycles. The summed E-state index contributed by atoms with van der Waals surface area (Å²) in [5.41, 5.74) is 10.3. The van der Waals surface area contributed by atoms with E-state index in [0.29, 0.717) is 5.84 Å². The third-order valence-electron chi connectivity index (χ3n) is 1.98. The van der Waals surface area contributed by atoms with Gasteiger partial charge in [0.2, 0.25) is 0 Å². The Morgan fingerprint density at radius 2 is 2.07 bits per heavy atom. The molecule has 0 aliphatic carbocycles. The number of aromatic nitrogens is 1. The normalized spacial score (nSPS) is 11.7. The SMILES string of the molecule is Cc1ccc(N=C(N)c2cscn2)cc1. The molecular formula is C11H11N3S. The van der Waals surface area contributed by atoms with Crippen LogP contribution in [0, 0.1) is 6.92 Å². The minimum absolute atomic E-state index is 0.458. The lowest BCUT2D eigenvalue weighted by molar-refractivity contribution is 1.33. The van der Waals surface area contributed by atoms with Crippen molar-refractivity contribution in [3.63, 3.8) is 0 Å². The van der Waals surface area contributed by atoms with Crippen molar-refractivity contribution in [1.82, 2.24) is 4.98 Å². The summed E-state index contributed by atoms with van der Waals surface area (Å²) in [6.45, 7) is 2.04. The van der Waals surface area contributed by atoms with Crippen molar-refractivity contribution < 1.29 is 0 Å². The zero-order valence-electron chi connectivity index (χ0n) is 8.34. The highest BCUT2D eigenvalue weighted by Crippen LogP contribution is 2.13. The van der Waals surface area contributed by atoms with E-state index >= 15 is 0 Å². The first kappa shape index (κ1) is 9.86. The molecule has 0 unspecified atom stereocenters. The van der Waals surface area contributed by atoms with Crippen molar-refractivity contribution in [2.45, 2.75) is 6.92 Å². The van der Waals surface area contributed by atoms with Gasteiger partial charge in [0.1, 0.15) is 5.69 Å². The summed E-state index contributed by atoms with van der Waals surface area (Å²) in [6, 6.07) is 7.89. The fraction of sp³-hybridized carbons (Fsp3) is 0.0909. The van der Waals surface area contributed by atoms with E-state index in [1.165, 1.54) is 16.9 Å². The zero-order chi connectivity index (χ0) is 10.7. The van der Waals surface area contributed by atoms with Crippen molar-refractivity contribution in [3.05, 3.63) is 46.4 Å². The van der Waals surface area contributed by atoms with Gasteiger partial charge >= 0.3 is 0 Å². The van der Waals surface area contributed by atoms with E-state index in [1.54, 1.807) is 5.51 Å². The van der Waals surface area contributed by atoms with Crippen molar-refractivity contribution >= 4 is 22.9 Å². The number of hydrogen-bond donors (Lipinski definition) is 1. The molecule has 0 spiro atoms. The monoisotopic (exact) mass is 217 g/mol. The number of nitrogens with zero attached hydrogens (tertiary/aromatic N) is 2. The lowest BCUT2D eigenvalue weighted by atomic mass is 10.2. The van der Waals surface area contributed by atoms with Crippen LogP contribution < -0.4 is 5.73 Å². The number of aryl methyl sites for hydroxylation is 1. The van der Waals surface area contributed by atoms with Crippen molar-refractivity contribution in [2.75, 3.05) is 0 Å². The molecule has 0 bridgehead atoms. The Hall–Kier alpha value is -1.68. The first-order valence-electron chi connectivity index (χ1n) is 4.55. The molecule has 1 aromatic heterocycles. The lowest BCUT2D eigenvalue weighted by Crippen LogP contribution is -2.12. The zero-order valence-corrected chi connectivity index (χ0v) is 9.16. The number of rotatable bonds is 2. The van der Waals surface area contributed by atoms with Gasteiger partial charge in [-0.3, -0.25) is 0 Å². The quantitative estimate of drug-likeness (QED) is 0.620. The van der Waals surface area contributed by atoms with E-state index in [0.717, 1.165) is 11.4 Å². The number of thiazole rings is 1. The van der Waals surface area contributed by atoms with Crippen LogP contribution in [0.25, 0.3) is 0 Å². The molecule has 0 aliphatic rings. The molecule has 1 heterocycles. The molecule has 2 N–H and O–H groups in total. The molecule has 0 fully saturated rings. The van der Waals surface area contributed by atoms with E-state index in [2.05, 4.69) is 9.98 Å². The number of nitrogens with two attached hydrogens (primary N) is 1. The Morgan fingerprint density at radius 1 is 1.33 bits per heavy atom. The maximum Gasteiger partial charge on any atom is 0.150 e. The topological polar surface area (TPSA) is 51.3 Å². The highest BCUT2D eigenvalue weighted by Gasteiger charge is 1.99. The Bertz CT molecular complexity index is 457. The molecule has 15 heavy (non-hydrogen) atoms. The van der Waals surface area contributed by atoms with E-state index in [9.17, 15) is 0 Å². The van der Waals surface area contributed by atoms with Crippen molar-refractivity contribution in [1.29, 1.82) is 0 Å². The summed E-state index contributed by atoms with van der Waals surface area (Å²) in [6.07, 6.45) is 0. The van der Waals surface area contributed by atoms with Gasteiger partial charge in [0, 0.05) is 5.38 Å². The van der Waals surface area contributed by atoms with Gasteiger partial charge in [-0.05, 0) is 19.1 Å². The van der Waals surface area contributed by atoms with Crippen molar-refractivity contribution in [3.8, 4) is 0 Å². The predicted octanol–water partition coefficient (Wildman–Crippen LogP) is 2.49. The smallest absolute Gasteiger partial charge is 0.150 e. The highest BCUT2D eigenvalue weighted by molar-refractivity contribution is 7.07. The average Bonchev–Trinajstić information content (AvgIpc) is 2.74. The molecule has 2 aromatic rings. The van der Waals surface area contributed by atoms with Gasteiger partial charge in [-0.15, -0.1) is 11.3 Å². The molecule has 1 aromatic carbocycles. The lowest BCUT2D eigenvalue weighted by Gasteiger charge is -1.97. The number of benzene rings is 1. The van der Waals surface area contributed by atoms with Crippen LogP contribution in [0.4, 0.5) is 5.69 Å². The van der Waals surface area contributed by atoms with Gasteiger partial charge in [0.25, 0.3) is 0 Å². The minimum atomic E-state index is 0.458. The Morgan fingerprint density at radius 3 is 2.67 bits per heavy atom. The molecule has 0 saturated carbocycles. The van der Waals surface area contributed by atoms with Gasteiger partial charge in [-0.2, -0.15) is 0 Å². The largest absolute Gasteiger partial charge is 0.382 e. The molecule has 2 rings (SSSR count). The number of aliphatic imine (C=N–C) groups is 1. The predicted molar refractivity (Wildman–Crippen MR) is 63.7 cm³/mol. The summed E-state index contributed by atoms with van der Waals surface area (Å²) < 4.78 is 0. The van der Waals surface area contributed by atoms with Crippen LogP contribution >= 0.6 is 11.3 Å². The van der Waals surface area contributed by atoms with Crippen LogP contribution in [0.2, 0.25) is 0 Å². The molecule has 0 radical (unpaired) electrons. The summed E-state index contributed by atoms with van der Waals surface area (Å²) in [5, 5.41) is 1.88. The Kier molecular flexibility index (Phi) is 2.78. The average molecular weight is 217 g/mol. The van der Waals surface area contributed by atoms with Gasteiger partial charge in [0.05, 0.1) is 11.2 Å². The van der Waals surface area contributed by atoms with Crippen molar-refractivity contribution in [2.24, 2.45) is 10.7 Å². The Balaban J connectivity index is 2.27. The van der Waals surface area contributed by atoms with E-state index in [4.69, 9.17) is 5.73 Å². The van der Waals surface area contributed by atoms with Crippen LogP contribution in [0.15, 0.2) is 40.1 Å².